The number of aromatic amines is 1. The fourth-order valence-corrected chi connectivity index (χ4v) is 3.40. The summed E-state index contributed by atoms with van der Waals surface area (Å²) in [6.45, 7) is 0.670. The summed E-state index contributed by atoms with van der Waals surface area (Å²) in [7, 11) is 0. The number of H-pyrrole nitrogens is 1. The van der Waals surface area contributed by atoms with Gasteiger partial charge in [-0.2, -0.15) is 0 Å². The van der Waals surface area contributed by atoms with Gasteiger partial charge in [0.15, 0.2) is 0 Å². The molecule has 25 heavy (non-hydrogen) atoms. The van der Waals surface area contributed by atoms with Crippen LogP contribution in [0.3, 0.4) is 0 Å². The van der Waals surface area contributed by atoms with E-state index in [1.807, 2.05) is 36.5 Å². The van der Waals surface area contributed by atoms with Crippen LogP contribution in [-0.2, 0) is 6.42 Å². The van der Waals surface area contributed by atoms with Crippen molar-refractivity contribution in [2.45, 2.75) is 19.3 Å². The Morgan fingerprint density at radius 3 is 2.80 bits per heavy atom. The van der Waals surface area contributed by atoms with Gasteiger partial charge >= 0.3 is 0 Å². The first kappa shape index (κ1) is 15.8. The highest BCUT2D eigenvalue weighted by Gasteiger charge is 2.15. The molecule has 0 amide bonds. The SMILES string of the molecule is NCCCCc1c(-c2cnc3ccccc3c2)[nH]c2c(F)cccc12. The molecule has 0 aliphatic heterocycles. The molecule has 0 radical (unpaired) electrons. The van der Waals surface area contributed by atoms with Crippen LogP contribution in [0, 0.1) is 5.82 Å². The maximum absolute atomic E-state index is 14.3. The fourth-order valence-electron chi connectivity index (χ4n) is 3.40. The largest absolute Gasteiger partial charge is 0.352 e. The highest BCUT2D eigenvalue weighted by Crippen LogP contribution is 2.33. The molecular weight excluding hydrogens is 313 g/mol. The molecule has 0 unspecified atom stereocenters. The van der Waals surface area contributed by atoms with Crippen molar-refractivity contribution < 1.29 is 4.39 Å². The van der Waals surface area contributed by atoms with Gasteiger partial charge in [-0.15, -0.1) is 0 Å². The van der Waals surface area contributed by atoms with E-state index in [0.29, 0.717) is 12.1 Å². The van der Waals surface area contributed by atoms with Gasteiger partial charge in [0, 0.05) is 22.5 Å². The third kappa shape index (κ3) is 2.89. The van der Waals surface area contributed by atoms with Gasteiger partial charge in [0.05, 0.1) is 16.7 Å². The number of nitrogens with zero attached hydrogens (tertiary/aromatic N) is 1. The van der Waals surface area contributed by atoms with Crippen molar-refractivity contribution in [2.24, 2.45) is 5.73 Å². The van der Waals surface area contributed by atoms with E-state index in [1.165, 1.54) is 6.07 Å². The number of hydrogen-bond acceptors (Lipinski definition) is 2. The maximum Gasteiger partial charge on any atom is 0.147 e. The van der Waals surface area contributed by atoms with Crippen molar-refractivity contribution in [1.82, 2.24) is 9.97 Å². The van der Waals surface area contributed by atoms with E-state index < -0.39 is 0 Å². The Morgan fingerprint density at radius 2 is 1.92 bits per heavy atom. The van der Waals surface area contributed by atoms with Gasteiger partial charge in [-0.25, -0.2) is 4.39 Å². The minimum atomic E-state index is -0.224. The topological polar surface area (TPSA) is 54.7 Å². The van der Waals surface area contributed by atoms with Crippen molar-refractivity contribution in [3.05, 3.63) is 66.1 Å². The van der Waals surface area contributed by atoms with Crippen molar-refractivity contribution >= 4 is 21.8 Å². The molecule has 0 aliphatic rings. The Balaban J connectivity index is 1.89. The molecule has 4 aromatic rings. The van der Waals surface area contributed by atoms with Crippen LogP contribution >= 0.6 is 0 Å². The van der Waals surface area contributed by atoms with Crippen molar-refractivity contribution in [3.8, 4) is 11.3 Å². The van der Waals surface area contributed by atoms with E-state index in [4.69, 9.17) is 5.73 Å². The number of rotatable bonds is 5. The Kier molecular flexibility index (Phi) is 4.20. The normalized spacial score (nSPS) is 11.4. The number of pyridine rings is 1. The summed E-state index contributed by atoms with van der Waals surface area (Å²) in [5, 5.41) is 2.02. The van der Waals surface area contributed by atoms with E-state index in [1.54, 1.807) is 6.07 Å². The van der Waals surface area contributed by atoms with Crippen molar-refractivity contribution in [1.29, 1.82) is 0 Å². The lowest BCUT2D eigenvalue weighted by molar-refractivity contribution is 0.637. The molecule has 0 bridgehead atoms. The summed E-state index contributed by atoms with van der Waals surface area (Å²) in [4.78, 5) is 7.85. The number of fused-ring (bicyclic) bond motifs is 2. The lowest BCUT2D eigenvalue weighted by atomic mass is 10.0. The average Bonchev–Trinajstić information content (AvgIpc) is 3.02. The van der Waals surface area contributed by atoms with Gasteiger partial charge in [-0.05, 0) is 49.6 Å². The van der Waals surface area contributed by atoms with Gasteiger partial charge in [0.2, 0.25) is 0 Å². The summed E-state index contributed by atoms with van der Waals surface area (Å²) < 4.78 is 14.3. The van der Waals surface area contributed by atoms with Crippen LogP contribution in [0.25, 0.3) is 33.1 Å². The molecule has 0 spiro atoms. The van der Waals surface area contributed by atoms with Crippen LogP contribution < -0.4 is 5.73 Å². The van der Waals surface area contributed by atoms with Gasteiger partial charge in [-0.3, -0.25) is 4.98 Å². The highest BCUT2D eigenvalue weighted by molar-refractivity contribution is 5.93. The molecule has 2 aromatic carbocycles. The number of halogens is 1. The first-order chi connectivity index (χ1) is 12.3. The van der Waals surface area contributed by atoms with Crippen LogP contribution in [0.4, 0.5) is 4.39 Å². The highest BCUT2D eigenvalue weighted by atomic mass is 19.1. The molecule has 3 N–H and O–H groups in total. The van der Waals surface area contributed by atoms with E-state index in [-0.39, 0.29) is 5.82 Å². The number of para-hydroxylation sites is 2. The predicted octanol–water partition coefficient (Wildman–Crippen LogP) is 4.80. The summed E-state index contributed by atoms with van der Waals surface area (Å²) in [5.41, 5.74) is 10.2. The Morgan fingerprint density at radius 1 is 1.04 bits per heavy atom. The molecule has 126 valence electrons. The third-order valence-electron chi connectivity index (χ3n) is 4.65. The minimum absolute atomic E-state index is 0.224. The molecule has 3 nitrogen and oxygen atoms in total. The number of aromatic nitrogens is 2. The lowest BCUT2D eigenvalue weighted by Gasteiger charge is -2.06. The molecular formula is C21H20FN3. The molecule has 0 atom stereocenters. The average molecular weight is 333 g/mol. The molecule has 2 aromatic heterocycles. The van der Waals surface area contributed by atoms with Crippen molar-refractivity contribution in [2.75, 3.05) is 6.54 Å². The zero-order valence-corrected chi connectivity index (χ0v) is 13.9. The monoisotopic (exact) mass is 333 g/mol. The van der Waals surface area contributed by atoms with E-state index in [9.17, 15) is 4.39 Å². The van der Waals surface area contributed by atoms with Gasteiger partial charge in [0.1, 0.15) is 5.82 Å². The maximum atomic E-state index is 14.3. The Hall–Kier alpha value is -2.72. The van der Waals surface area contributed by atoms with Gasteiger partial charge < -0.3 is 10.7 Å². The molecule has 4 heteroatoms. The second kappa shape index (κ2) is 6.65. The standard InChI is InChI=1S/C21H20FN3/c22-18-9-5-8-17-16(7-3-4-11-23)20(25-21(17)18)15-12-14-6-1-2-10-19(14)24-13-15/h1-2,5-6,8-10,12-13,25H,3-4,7,11,23H2. The minimum Gasteiger partial charge on any atom is -0.352 e. The van der Waals surface area contributed by atoms with Crippen LogP contribution in [-0.4, -0.2) is 16.5 Å². The van der Waals surface area contributed by atoms with Crippen LogP contribution in [0.5, 0.6) is 0 Å². The molecule has 0 saturated carbocycles. The van der Waals surface area contributed by atoms with Crippen LogP contribution in [0.1, 0.15) is 18.4 Å². The summed E-state index contributed by atoms with van der Waals surface area (Å²) in [6, 6.07) is 15.4. The van der Waals surface area contributed by atoms with E-state index >= 15 is 0 Å². The zero-order chi connectivity index (χ0) is 17.2. The number of nitrogens with one attached hydrogen (secondary N) is 1. The quantitative estimate of drug-likeness (QED) is 0.515. The number of unbranched alkanes of at least 4 members (excludes halogenated alkanes) is 1. The second-order valence-corrected chi connectivity index (χ2v) is 6.30. The van der Waals surface area contributed by atoms with E-state index in [2.05, 4.69) is 16.0 Å². The molecule has 2 heterocycles. The second-order valence-electron chi connectivity index (χ2n) is 6.30. The third-order valence-corrected chi connectivity index (χ3v) is 4.65. The summed E-state index contributed by atoms with van der Waals surface area (Å²) >= 11 is 0. The van der Waals surface area contributed by atoms with Crippen LogP contribution in [0.15, 0.2) is 54.7 Å². The Bertz CT molecular complexity index is 1040. The molecule has 0 aliphatic carbocycles. The fraction of sp³-hybridized carbons (Fsp3) is 0.190. The van der Waals surface area contributed by atoms with E-state index in [0.717, 1.165) is 52.4 Å². The number of benzene rings is 2. The van der Waals surface area contributed by atoms with Gasteiger partial charge in [0.25, 0.3) is 0 Å². The smallest absolute Gasteiger partial charge is 0.147 e. The predicted molar refractivity (Wildman–Crippen MR) is 101 cm³/mol. The Labute approximate surface area is 145 Å². The first-order valence-electron chi connectivity index (χ1n) is 8.62. The van der Waals surface area contributed by atoms with Gasteiger partial charge in [-0.1, -0.05) is 30.3 Å². The molecule has 0 saturated heterocycles. The van der Waals surface area contributed by atoms with Crippen LogP contribution in [0.2, 0.25) is 0 Å². The first-order valence-corrected chi connectivity index (χ1v) is 8.62. The number of hydrogen-bond donors (Lipinski definition) is 2. The molecule has 0 fully saturated rings. The summed E-state index contributed by atoms with van der Waals surface area (Å²) in [6.07, 6.45) is 4.66. The lowest BCUT2D eigenvalue weighted by Crippen LogP contribution is -1.99. The zero-order valence-electron chi connectivity index (χ0n) is 13.9. The molecule has 4 rings (SSSR count). The number of nitrogens with two attached hydrogens (primary N) is 1. The number of aryl methyl sites for hydroxylation is 1. The van der Waals surface area contributed by atoms with Crippen molar-refractivity contribution in [3.63, 3.8) is 0 Å². The summed E-state index contributed by atoms with van der Waals surface area (Å²) in [5.74, 6) is -0.224.